The van der Waals surface area contributed by atoms with Crippen molar-refractivity contribution < 1.29 is 14.3 Å². The molecule has 0 atom stereocenters. The fourth-order valence-corrected chi connectivity index (χ4v) is 3.32. The molecular formula is C21H23ClN4O3. The van der Waals surface area contributed by atoms with E-state index in [4.69, 9.17) is 16.3 Å². The second-order valence-electron chi connectivity index (χ2n) is 7.06. The van der Waals surface area contributed by atoms with E-state index < -0.39 is 5.97 Å². The van der Waals surface area contributed by atoms with Crippen molar-refractivity contribution >= 4 is 34.5 Å². The summed E-state index contributed by atoms with van der Waals surface area (Å²) in [6.07, 6.45) is 1.64. The minimum atomic E-state index is -0.509. The van der Waals surface area contributed by atoms with E-state index in [0.717, 1.165) is 5.56 Å². The number of ether oxygens (including phenoxy) is 1. The molecule has 0 fully saturated rings. The van der Waals surface area contributed by atoms with Gasteiger partial charge < -0.3 is 9.64 Å². The smallest absolute Gasteiger partial charge is 0.325 e. The van der Waals surface area contributed by atoms with E-state index in [1.165, 1.54) is 12.0 Å². The maximum absolute atomic E-state index is 13.5. The van der Waals surface area contributed by atoms with Crippen LogP contribution in [0.3, 0.4) is 0 Å². The number of rotatable bonds is 6. The minimum Gasteiger partial charge on any atom is -0.468 e. The summed E-state index contributed by atoms with van der Waals surface area (Å²) in [5.41, 5.74) is 2.51. The Morgan fingerprint density at radius 2 is 2.00 bits per heavy atom. The number of nitrogens with zero attached hydrogens (tertiary/aromatic N) is 4. The fourth-order valence-electron chi connectivity index (χ4n) is 3.12. The molecule has 0 saturated heterocycles. The highest BCUT2D eigenvalue weighted by Crippen LogP contribution is 2.24. The predicted octanol–water partition coefficient (Wildman–Crippen LogP) is 3.79. The van der Waals surface area contributed by atoms with Gasteiger partial charge in [0.15, 0.2) is 5.65 Å². The Hall–Kier alpha value is -2.93. The number of methoxy groups -OCH3 is 1. The third-order valence-electron chi connectivity index (χ3n) is 4.57. The summed E-state index contributed by atoms with van der Waals surface area (Å²) in [7, 11) is 1.29. The van der Waals surface area contributed by atoms with E-state index in [9.17, 15) is 9.59 Å². The van der Waals surface area contributed by atoms with Crippen molar-refractivity contribution in [3.63, 3.8) is 0 Å². The lowest BCUT2D eigenvalue weighted by Gasteiger charge is -2.22. The van der Waals surface area contributed by atoms with Gasteiger partial charge in [-0.1, -0.05) is 29.8 Å². The summed E-state index contributed by atoms with van der Waals surface area (Å²) in [6.45, 7) is 5.81. The lowest BCUT2D eigenvalue weighted by molar-refractivity contribution is -0.141. The number of benzene rings is 1. The summed E-state index contributed by atoms with van der Waals surface area (Å²) >= 11 is 6.27. The predicted molar refractivity (Wildman–Crippen MR) is 111 cm³/mol. The van der Waals surface area contributed by atoms with E-state index in [1.54, 1.807) is 23.0 Å². The van der Waals surface area contributed by atoms with E-state index >= 15 is 0 Å². The van der Waals surface area contributed by atoms with Crippen LogP contribution in [0.4, 0.5) is 0 Å². The number of carbonyl (C=O) groups is 2. The first-order valence-corrected chi connectivity index (χ1v) is 9.64. The van der Waals surface area contributed by atoms with Crippen molar-refractivity contribution in [1.82, 2.24) is 19.7 Å². The van der Waals surface area contributed by atoms with Crippen LogP contribution in [-0.4, -0.2) is 45.2 Å². The molecule has 1 amide bonds. The van der Waals surface area contributed by atoms with Crippen molar-refractivity contribution in [3.8, 4) is 0 Å². The quantitative estimate of drug-likeness (QED) is 0.573. The maximum Gasteiger partial charge on any atom is 0.325 e. The molecule has 8 heteroatoms. The zero-order valence-corrected chi connectivity index (χ0v) is 17.6. The molecule has 0 bridgehead atoms. The van der Waals surface area contributed by atoms with Gasteiger partial charge >= 0.3 is 5.97 Å². The third-order valence-corrected chi connectivity index (χ3v) is 4.94. The van der Waals surface area contributed by atoms with Crippen LogP contribution in [0.1, 0.15) is 41.5 Å². The fraction of sp³-hybridized carbons (Fsp3) is 0.333. The van der Waals surface area contributed by atoms with Crippen molar-refractivity contribution in [2.24, 2.45) is 0 Å². The topological polar surface area (TPSA) is 77.3 Å². The van der Waals surface area contributed by atoms with E-state index in [0.29, 0.717) is 27.3 Å². The Labute approximate surface area is 174 Å². The van der Waals surface area contributed by atoms with Gasteiger partial charge in [-0.05, 0) is 38.5 Å². The van der Waals surface area contributed by atoms with Crippen LogP contribution in [-0.2, 0) is 16.1 Å². The van der Waals surface area contributed by atoms with Gasteiger partial charge in [-0.25, -0.2) is 9.67 Å². The number of hydrogen-bond donors (Lipinski definition) is 0. The van der Waals surface area contributed by atoms with Gasteiger partial charge in [0.1, 0.15) is 6.54 Å². The molecule has 3 rings (SSSR count). The van der Waals surface area contributed by atoms with Gasteiger partial charge in [0.25, 0.3) is 5.91 Å². The molecule has 0 saturated carbocycles. The number of aryl methyl sites for hydroxylation is 1. The SMILES string of the molecule is COC(=O)CN(Cc1ccccc1Cl)C(=O)c1cc(C)nc2c1cnn2C(C)C. The van der Waals surface area contributed by atoms with Crippen LogP contribution in [0, 0.1) is 6.92 Å². The van der Waals surface area contributed by atoms with Crippen LogP contribution in [0.25, 0.3) is 11.0 Å². The molecule has 2 aromatic heterocycles. The first kappa shape index (κ1) is 20.8. The van der Waals surface area contributed by atoms with Crippen molar-refractivity contribution in [2.75, 3.05) is 13.7 Å². The first-order valence-electron chi connectivity index (χ1n) is 9.26. The summed E-state index contributed by atoms with van der Waals surface area (Å²) in [4.78, 5) is 31.4. The van der Waals surface area contributed by atoms with Crippen molar-refractivity contribution in [2.45, 2.75) is 33.4 Å². The highest BCUT2D eigenvalue weighted by molar-refractivity contribution is 6.31. The Balaban J connectivity index is 2.05. The molecule has 152 valence electrons. The van der Waals surface area contributed by atoms with Gasteiger partial charge in [-0.3, -0.25) is 9.59 Å². The Bertz CT molecular complexity index is 1060. The number of halogens is 1. The largest absolute Gasteiger partial charge is 0.468 e. The number of carbonyl (C=O) groups excluding carboxylic acids is 2. The third kappa shape index (κ3) is 4.40. The van der Waals surface area contributed by atoms with E-state index in [2.05, 4.69) is 10.1 Å². The molecule has 29 heavy (non-hydrogen) atoms. The number of aromatic nitrogens is 3. The Morgan fingerprint density at radius 3 is 2.66 bits per heavy atom. The molecule has 7 nitrogen and oxygen atoms in total. The number of hydrogen-bond acceptors (Lipinski definition) is 5. The van der Waals surface area contributed by atoms with Crippen LogP contribution >= 0.6 is 11.6 Å². The van der Waals surface area contributed by atoms with Crippen LogP contribution in [0.5, 0.6) is 0 Å². The maximum atomic E-state index is 13.5. The molecule has 0 unspecified atom stereocenters. The minimum absolute atomic E-state index is 0.0963. The van der Waals surface area contributed by atoms with Crippen LogP contribution < -0.4 is 0 Å². The van der Waals surface area contributed by atoms with E-state index in [-0.39, 0.29) is 25.0 Å². The van der Waals surface area contributed by atoms with Gasteiger partial charge in [-0.2, -0.15) is 5.10 Å². The van der Waals surface area contributed by atoms with Gasteiger partial charge in [0.05, 0.1) is 24.3 Å². The average Bonchev–Trinajstić information content (AvgIpc) is 3.11. The first-order chi connectivity index (χ1) is 13.8. The summed E-state index contributed by atoms with van der Waals surface area (Å²) in [6, 6.07) is 9.04. The van der Waals surface area contributed by atoms with Gasteiger partial charge in [0, 0.05) is 23.3 Å². The van der Waals surface area contributed by atoms with Crippen molar-refractivity contribution in [1.29, 1.82) is 0 Å². The molecule has 0 aliphatic rings. The lowest BCUT2D eigenvalue weighted by Crippen LogP contribution is -2.36. The molecule has 0 radical (unpaired) electrons. The second kappa shape index (κ2) is 8.61. The molecule has 1 aromatic carbocycles. The Kier molecular flexibility index (Phi) is 6.17. The van der Waals surface area contributed by atoms with Crippen molar-refractivity contribution in [3.05, 3.63) is 58.4 Å². The molecule has 3 aromatic rings. The molecule has 0 N–H and O–H groups in total. The average molecular weight is 415 g/mol. The number of esters is 1. The normalized spacial score (nSPS) is 11.1. The summed E-state index contributed by atoms with van der Waals surface area (Å²) in [5.74, 6) is -0.820. The van der Waals surface area contributed by atoms with E-state index in [1.807, 2.05) is 39.0 Å². The number of fused-ring (bicyclic) bond motifs is 1. The highest BCUT2D eigenvalue weighted by Gasteiger charge is 2.24. The molecule has 0 spiro atoms. The zero-order valence-electron chi connectivity index (χ0n) is 16.8. The Morgan fingerprint density at radius 1 is 1.28 bits per heavy atom. The standard InChI is InChI=1S/C21H23ClN4O3/c1-13(2)26-20-17(10-23-26)16(9-14(3)24-20)21(28)25(12-19(27)29-4)11-15-7-5-6-8-18(15)22/h5-10,13H,11-12H2,1-4H3. The monoisotopic (exact) mass is 414 g/mol. The number of amides is 1. The van der Waals surface area contributed by atoms with Crippen LogP contribution in [0.2, 0.25) is 5.02 Å². The molecule has 2 heterocycles. The van der Waals surface area contributed by atoms with Gasteiger partial charge in [-0.15, -0.1) is 0 Å². The summed E-state index contributed by atoms with van der Waals surface area (Å²) in [5, 5.41) is 5.55. The molecule has 0 aliphatic carbocycles. The zero-order chi connectivity index (χ0) is 21.1. The van der Waals surface area contributed by atoms with Gasteiger partial charge in [0.2, 0.25) is 0 Å². The second-order valence-corrected chi connectivity index (χ2v) is 7.47. The lowest BCUT2D eigenvalue weighted by atomic mass is 10.1. The highest BCUT2D eigenvalue weighted by atomic mass is 35.5. The molecular weight excluding hydrogens is 392 g/mol. The summed E-state index contributed by atoms with van der Waals surface area (Å²) < 4.78 is 6.56. The molecule has 0 aliphatic heterocycles. The number of pyridine rings is 1. The van der Waals surface area contributed by atoms with Crippen LogP contribution in [0.15, 0.2) is 36.5 Å².